The fourth-order valence-corrected chi connectivity index (χ4v) is 2.65. The van der Waals surface area contributed by atoms with E-state index in [0.717, 1.165) is 9.13 Å². The van der Waals surface area contributed by atoms with Crippen molar-refractivity contribution in [2.45, 2.75) is 45.4 Å². The van der Waals surface area contributed by atoms with Gasteiger partial charge in [-0.05, 0) is 54.5 Å². The van der Waals surface area contributed by atoms with Gasteiger partial charge in [0.05, 0.1) is 0 Å². The predicted molar refractivity (Wildman–Crippen MR) is 87.7 cm³/mol. The van der Waals surface area contributed by atoms with E-state index in [1.165, 1.54) is 0 Å². The van der Waals surface area contributed by atoms with E-state index in [9.17, 15) is 4.79 Å². The van der Waals surface area contributed by atoms with Crippen LogP contribution in [0.15, 0.2) is 24.3 Å². The summed E-state index contributed by atoms with van der Waals surface area (Å²) in [5.74, 6) is 0. The molecule has 1 amide bonds. The highest BCUT2D eigenvalue weighted by molar-refractivity contribution is 14.1. The zero-order chi connectivity index (χ0) is 15.1. The first-order valence-corrected chi connectivity index (χ1v) is 7.81. The first-order valence-electron chi connectivity index (χ1n) is 6.73. The second-order valence-electron chi connectivity index (χ2n) is 4.83. The monoisotopic (exact) mass is 391 g/mol. The average molecular weight is 391 g/mol. The maximum Gasteiger partial charge on any atom is 0.407 e. The van der Waals surface area contributed by atoms with Crippen LogP contribution in [0.5, 0.6) is 0 Å². The fourth-order valence-electron chi connectivity index (χ4n) is 1.95. The van der Waals surface area contributed by atoms with Gasteiger partial charge in [0, 0.05) is 16.7 Å². The summed E-state index contributed by atoms with van der Waals surface area (Å²) in [6.07, 6.45) is -0.282. The van der Waals surface area contributed by atoms with Gasteiger partial charge in [-0.3, -0.25) is 0 Å². The second-order valence-corrected chi connectivity index (χ2v) is 5.99. The fraction of sp³-hybridized carbons (Fsp3) is 0.533. The maximum atomic E-state index is 11.8. The highest BCUT2D eigenvalue weighted by atomic mass is 127. The van der Waals surface area contributed by atoms with Crippen molar-refractivity contribution in [3.05, 3.63) is 33.4 Å². The summed E-state index contributed by atoms with van der Waals surface area (Å²) < 4.78 is 12.2. The Balaban J connectivity index is 2.85. The highest BCUT2D eigenvalue weighted by Crippen LogP contribution is 2.28. The number of amides is 1. The van der Waals surface area contributed by atoms with Gasteiger partial charge in [0.2, 0.25) is 0 Å². The van der Waals surface area contributed by atoms with Gasteiger partial charge < -0.3 is 14.8 Å². The molecule has 0 aliphatic heterocycles. The minimum atomic E-state index is -0.403. The molecule has 0 spiro atoms. The molecule has 0 bridgehead atoms. The Morgan fingerprint density at radius 1 is 1.35 bits per heavy atom. The standard InChI is InChI=1S/C15H22INO3/c1-5-13(20-15(18)17-10(2)3)14(19-4)11-8-6-7-9-12(11)16/h6-10,13-14H,5H2,1-4H3,(H,17,18)/t13-,14-/m0/s1. The summed E-state index contributed by atoms with van der Waals surface area (Å²) in [7, 11) is 1.64. The second kappa shape index (κ2) is 8.46. The molecular formula is C15H22INO3. The van der Waals surface area contributed by atoms with Gasteiger partial charge in [-0.2, -0.15) is 0 Å². The Labute approximate surface area is 134 Å². The Kier molecular flexibility index (Phi) is 7.29. The predicted octanol–water partition coefficient (Wildman–Crippen LogP) is 3.89. The van der Waals surface area contributed by atoms with E-state index >= 15 is 0 Å². The van der Waals surface area contributed by atoms with E-state index in [4.69, 9.17) is 9.47 Å². The van der Waals surface area contributed by atoms with Crippen molar-refractivity contribution in [3.8, 4) is 0 Å². The van der Waals surface area contributed by atoms with Crippen LogP contribution in [-0.2, 0) is 9.47 Å². The highest BCUT2D eigenvalue weighted by Gasteiger charge is 2.26. The Morgan fingerprint density at radius 3 is 2.50 bits per heavy atom. The number of benzene rings is 1. The van der Waals surface area contributed by atoms with Crippen molar-refractivity contribution in [1.29, 1.82) is 0 Å². The minimum absolute atomic E-state index is 0.0536. The zero-order valence-electron chi connectivity index (χ0n) is 12.4. The number of rotatable bonds is 6. The lowest BCUT2D eigenvalue weighted by molar-refractivity contribution is -0.0262. The van der Waals surface area contributed by atoms with E-state index in [0.29, 0.717) is 6.42 Å². The number of carbonyl (C=O) groups is 1. The number of hydrogen-bond acceptors (Lipinski definition) is 3. The topological polar surface area (TPSA) is 47.6 Å². The van der Waals surface area contributed by atoms with Crippen molar-refractivity contribution in [2.75, 3.05) is 7.11 Å². The zero-order valence-corrected chi connectivity index (χ0v) is 14.5. The van der Waals surface area contributed by atoms with Gasteiger partial charge in [-0.25, -0.2) is 4.79 Å². The molecule has 1 aromatic carbocycles. The molecule has 0 saturated carbocycles. The summed E-state index contributed by atoms with van der Waals surface area (Å²) in [6.45, 7) is 5.78. The van der Waals surface area contributed by atoms with Crippen molar-refractivity contribution in [3.63, 3.8) is 0 Å². The van der Waals surface area contributed by atoms with Gasteiger partial charge >= 0.3 is 6.09 Å². The largest absolute Gasteiger partial charge is 0.443 e. The minimum Gasteiger partial charge on any atom is -0.443 e. The molecule has 1 aromatic rings. The lowest BCUT2D eigenvalue weighted by Gasteiger charge is -2.26. The molecule has 2 atom stereocenters. The Bertz CT molecular complexity index is 437. The third-order valence-electron chi connectivity index (χ3n) is 2.87. The van der Waals surface area contributed by atoms with Crippen LogP contribution in [-0.4, -0.2) is 25.3 Å². The van der Waals surface area contributed by atoms with Gasteiger partial charge in [0.25, 0.3) is 0 Å². The molecule has 0 aromatic heterocycles. The Morgan fingerprint density at radius 2 is 2.00 bits per heavy atom. The smallest absolute Gasteiger partial charge is 0.407 e. The van der Waals surface area contributed by atoms with Crippen LogP contribution >= 0.6 is 22.6 Å². The maximum absolute atomic E-state index is 11.8. The van der Waals surface area contributed by atoms with Crippen LogP contribution in [0.1, 0.15) is 38.9 Å². The molecule has 0 fully saturated rings. The lowest BCUT2D eigenvalue weighted by atomic mass is 10.0. The molecule has 0 aliphatic rings. The number of methoxy groups -OCH3 is 1. The van der Waals surface area contributed by atoms with Gasteiger partial charge in [0.15, 0.2) is 0 Å². The molecular weight excluding hydrogens is 369 g/mol. The van der Waals surface area contributed by atoms with Crippen LogP contribution in [0, 0.1) is 3.57 Å². The molecule has 1 rings (SSSR count). The third kappa shape index (κ3) is 4.94. The van der Waals surface area contributed by atoms with Crippen molar-refractivity contribution in [1.82, 2.24) is 5.32 Å². The summed E-state index contributed by atoms with van der Waals surface area (Å²) in [5, 5.41) is 2.73. The van der Waals surface area contributed by atoms with Crippen LogP contribution in [0.4, 0.5) is 4.79 Å². The number of nitrogens with one attached hydrogen (secondary N) is 1. The summed E-state index contributed by atoms with van der Waals surface area (Å²) in [5.41, 5.74) is 1.04. The van der Waals surface area contributed by atoms with Crippen LogP contribution < -0.4 is 5.32 Å². The molecule has 20 heavy (non-hydrogen) atoms. The first-order chi connectivity index (χ1) is 9.49. The summed E-state index contributed by atoms with van der Waals surface area (Å²) >= 11 is 2.27. The molecule has 1 N–H and O–H groups in total. The molecule has 5 heteroatoms. The Hall–Kier alpha value is -0.820. The van der Waals surface area contributed by atoms with Gasteiger partial charge in [-0.15, -0.1) is 0 Å². The van der Waals surface area contributed by atoms with Gasteiger partial charge in [-0.1, -0.05) is 25.1 Å². The van der Waals surface area contributed by atoms with Gasteiger partial charge in [0.1, 0.15) is 12.2 Å². The van der Waals surface area contributed by atoms with E-state index < -0.39 is 6.09 Å². The van der Waals surface area contributed by atoms with Crippen LogP contribution in [0.3, 0.4) is 0 Å². The normalized spacial score (nSPS) is 13.9. The van der Waals surface area contributed by atoms with E-state index in [1.54, 1.807) is 7.11 Å². The lowest BCUT2D eigenvalue weighted by Crippen LogP contribution is -2.36. The summed E-state index contributed by atoms with van der Waals surface area (Å²) in [6, 6.07) is 8.01. The SMILES string of the molecule is CC[C@H](OC(=O)NC(C)C)[C@@H](OC)c1ccccc1I. The number of halogens is 1. The van der Waals surface area contributed by atoms with Crippen molar-refractivity contribution >= 4 is 28.7 Å². The molecule has 0 heterocycles. The number of hydrogen-bond donors (Lipinski definition) is 1. The molecule has 0 aliphatic carbocycles. The number of carbonyl (C=O) groups excluding carboxylic acids is 1. The quantitative estimate of drug-likeness (QED) is 0.749. The van der Waals surface area contributed by atoms with Crippen molar-refractivity contribution in [2.24, 2.45) is 0 Å². The molecule has 112 valence electrons. The molecule has 4 nitrogen and oxygen atoms in total. The van der Waals surface area contributed by atoms with Crippen molar-refractivity contribution < 1.29 is 14.3 Å². The van der Waals surface area contributed by atoms with E-state index in [1.807, 2.05) is 45.0 Å². The summed E-state index contributed by atoms with van der Waals surface area (Å²) in [4.78, 5) is 11.8. The molecule has 0 unspecified atom stereocenters. The van der Waals surface area contributed by atoms with E-state index in [-0.39, 0.29) is 18.2 Å². The first kappa shape index (κ1) is 17.2. The van der Waals surface area contributed by atoms with Crippen LogP contribution in [0.25, 0.3) is 0 Å². The third-order valence-corrected chi connectivity index (χ3v) is 3.85. The molecule has 0 saturated heterocycles. The average Bonchev–Trinajstić information content (AvgIpc) is 2.39. The number of alkyl carbamates (subject to hydrolysis) is 1. The van der Waals surface area contributed by atoms with Crippen LogP contribution in [0.2, 0.25) is 0 Å². The molecule has 0 radical (unpaired) electrons. The van der Waals surface area contributed by atoms with E-state index in [2.05, 4.69) is 27.9 Å². The number of ether oxygens (including phenoxy) is 2.